The van der Waals surface area contributed by atoms with Gasteiger partial charge in [-0.15, -0.1) is 0 Å². The van der Waals surface area contributed by atoms with Crippen molar-refractivity contribution in [1.82, 2.24) is 20.1 Å². The SMILES string of the molecule is CCc1c(C(=O)NCc2ccc(OC(C)C)cc2C(F)(F)F)cnn1-c1ccccn1. The monoisotopic (exact) mass is 432 g/mol. The van der Waals surface area contributed by atoms with Gasteiger partial charge >= 0.3 is 6.18 Å². The predicted molar refractivity (Wildman–Crippen MR) is 109 cm³/mol. The highest BCUT2D eigenvalue weighted by Crippen LogP contribution is 2.34. The highest BCUT2D eigenvalue weighted by molar-refractivity contribution is 5.95. The number of nitrogens with zero attached hydrogens (tertiary/aromatic N) is 3. The van der Waals surface area contributed by atoms with Crippen molar-refractivity contribution < 1.29 is 22.7 Å². The van der Waals surface area contributed by atoms with Crippen LogP contribution >= 0.6 is 0 Å². The molecule has 31 heavy (non-hydrogen) atoms. The molecule has 0 aliphatic heterocycles. The van der Waals surface area contributed by atoms with Crippen LogP contribution in [0.15, 0.2) is 48.8 Å². The maximum Gasteiger partial charge on any atom is 0.416 e. The summed E-state index contributed by atoms with van der Waals surface area (Å²) in [5.74, 6) is 0.176. The van der Waals surface area contributed by atoms with Gasteiger partial charge < -0.3 is 10.1 Å². The van der Waals surface area contributed by atoms with Gasteiger partial charge in [0.1, 0.15) is 5.75 Å². The van der Waals surface area contributed by atoms with Crippen molar-refractivity contribution in [3.63, 3.8) is 0 Å². The molecule has 2 heterocycles. The van der Waals surface area contributed by atoms with Crippen LogP contribution in [0.1, 0.15) is 48.0 Å². The number of benzene rings is 1. The Morgan fingerprint density at radius 3 is 2.61 bits per heavy atom. The number of carbonyl (C=O) groups excluding carboxylic acids is 1. The van der Waals surface area contributed by atoms with Crippen molar-refractivity contribution in [2.45, 2.75) is 46.0 Å². The van der Waals surface area contributed by atoms with E-state index >= 15 is 0 Å². The first-order chi connectivity index (χ1) is 14.7. The van der Waals surface area contributed by atoms with Gasteiger partial charge in [0.2, 0.25) is 0 Å². The molecule has 0 bridgehead atoms. The Bertz CT molecular complexity index is 1050. The number of ether oxygens (including phenoxy) is 1. The Kier molecular flexibility index (Phi) is 6.62. The van der Waals surface area contributed by atoms with E-state index < -0.39 is 17.6 Å². The van der Waals surface area contributed by atoms with E-state index in [4.69, 9.17) is 4.74 Å². The van der Waals surface area contributed by atoms with Crippen LogP contribution in [0.25, 0.3) is 5.82 Å². The molecule has 0 aliphatic rings. The Hall–Kier alpha value is -3.36. The van der Waals surface area contributed by atoms with Gasteiger partial charge in [0.15, 0.2) is 5.82 Å². The summed E-state index contributed by atoms with van der Waals surface area (Å²) in [4.78, 5) is 16.9. The minimum Gasteiger partial charge on any atom is -0.491 e. The molecule has 0 saturated carbocycles. The number of hydrogen-bond donors (Lipinski definition) is 1. The number of pyridine rings is 1. The molecule has 164 valence electrons. The molecular formula is C22H23F3N4O2. The zero-order valence-corrected chi connectivity index (χ0v) is 17.4. The molecule has 0 radical (unpaired) electrons. The summed E-state index contributed by atoms with van der Waals surface area (Å²) in [5, 5.41) is 6.80. The summed E-state index contributed by atoms with van der Waals surface area (Å²) >= 11 is 0. The van der Waals surface area contributed by atoms with E-state index in [0.717, 1.165) is 6.07 Å². The van der Waals surface area contributed by atoms with Gasteiger partial charge in [-0.1, -0.05) is 19.1 Å². The molecule has 0 saturated heterocycles. The fraction of sp³-hybridized carbons (Fsp3) is 0.318. The minimum atomic E-state index is -4.57. The van der Waals surface area contributed by atoms with Crippen molar-refractivity contribution in [3.05, 3.63) is 71.2 Å². The van der Waals surface area contributed by atoms with Gasteiger partial charge in [0.05, 0.1) is 29.1 Å². The standard InChI is InChI=1S/C22H23F3N4O2/c1-4-19-17(13-28-29(19)20-7-5-6-10-26-20)21(30)27-12-15-8-9-16(31-14(2)3)11-18(15)22(23,24)25/h5-11,13-14H,4,12H2,1-3H3,(H,27,30). The quantitative estimate of drug-likeness (QED) is 0.594. The highest BCUT2D eigenvalue weighted by atomic mass is 19.4. The topological polar surface area (TPSA) is 69.0 Å². The number of rotatable bonds is 7. The van der Waals surface area contributed by atoms with Crippen LogP contribution in [-0.2, 0) is 19.1 Å². The number of alkyl halides is 3. The van der Waals surface area contributed by atoms with Crippen LogP contribution < -0.4 is 10.1 Å². The van der Waals surface area contributed by atoms with Crippen molar-refractivity contribution in [3.8, 4) is 11.6 Å². The molecule has 0 atom stereocenters. The normalized spacial score (nSPS) is 11.6. The Morgan fingerprint density at radius 2 is 2.00 bits per heavy atom. The molecule has 3 rings (SSSR count). The molecule has 0 spiro atoms. The molecule has 1 N–H and O–H groups in total. The Morgan fingerprint density at radius 1 is 1.23 bits per heavy atom. The van der Waals surface area contributed by atoms with Crippen molar-refractivity contribution in [1.29, 1.82) is 0 Å². The van der Waals surface area contributed by atoms with E-state index in [-0.39, 0.29) is 24.0 Å². The van der Waals surface area contributed by atoms with Gasteiger partial charge in [-0.2, -0.15) is 18.3 Å². The number of halogens is 3. The van der Waals surface area contributed by atoms with E-state index in [1.54, 1.807) is 42.9 Å². The van der Waals surface area contributed by atoms with Crippen molar-refractivity contribution in [2.75, 3.05) is 0 Å². The van der Waals surface area contributed by atoms with Crippen molar-refractivity contribution in [2.24, 2.45) is 0 Å². The van der Waals surface area contributed by atoms with Gasteiger partial charge in [-0.05, 0) is 50.1 Å². The van der Waals surface area contributed by atoms with Crippen LogP contribution in [0.5, 0.6) is 5.75 Å². The first-order valence-electron chi connectivity index (χ1n) is 9.84. The largest absolute Gasteiger partial charge is 0.491 e. The second-order valence-corrected chi connectivity index (χ2v) is 7.12. The van der Waals surface area contributed by atoms with Crippen LogP contribution in [0.2, 0.25) is 0 Å². The third-order valence-corrected chi connectivity index (χ3v) is 4.51. The second kappa shape index (κ2) is 9.20. The summed E-state index contributed by atoms with van der Waals surface area (Å²) in [5.41, 5.74) is 0.0207. The molecule has 6 nitrogen and oxygen atoms in total. The molecule has 0 unspecified atom stereocenters. The number of amides is 1. The Balaban J connectivity index is 1.82. The molecule has 1 aromatic carbocycles. The lowest BCUT2D eigenvalue weighted by Gasteiger charge is -2.17. The van der Waals surface area contributed by atoms with Gasteiger partial charge in [-0.3, -0.25) is 4.79 Å². The minimum absolute atomic E-state index is 0.0490. The van der Waals surface area contributed by atoms with Crippen LogP contribution in [-0.4, -0.2) is 26.8 Å². The average Bonchev–Trinajstić information content (AvgIpc) is 3.16. The number of nitrogens with one attached hydrogen (secondary N) is 1. The number of hydrogen-bond acceptors (Lipinski definition) is 4. The Labute approximate surface area is 178 Å². The molecule has 3 aromatic rings. The summed E-state index contributed by atoms with van der Waals surface area (Å²) < 4.78 is 47.5. The third-order valence-electron chi connectivity index (χ3n) is 4.51. The first kappa shape index (κ1) is 22.3. The van der Waals surface area contributed by atoms with E-state index in [0.29, 0.717) is 23.5 Å². The maximum absolute atomic E-state index is 13.5. The zero-order valence-electron chi connectivity index (χ0n) is 17.4. The fourth-order valence-corrected chi connectivity index (χ4v) is 3.17. The molecule has 1 amide bonds. The summed E-state index contributed by atoms with van der Waals surface area (Å²) in [6, 6.07) is 9.06. The number of carbonyl (C=O) groups is 1. The first-order valence-corrected chi connectivity index (χ1v) is 9.84. The molecule has 9 heteroatoms. The van der Waals surface area contributed by atoms with Crippen LogP contribution in [0.4, 0.5) is 13.2 Å². The van der Waals surface area contributed by atoms with Crippen LogP contribution in [0.3, 0.4) is 0 Å². The van der Waals surface area contributed by atoms with Gasteiger partial charge in [0.25, 0.3) is 5.91 Å². The van der Waals surface area contributed by atoms with Crippen LogP contribution in [0, 0.1) is 0 Å². The second-order valence-electron chi connectivity index (χ2n) is 7.12. The molecule has 2 aromatic heterocycles. The summed E-state index contributed by atoms with van der Waals surface area (Å²) in [6.45, 7) is 5.05. The van der Waals surface area contributed by atoms with E-state index in [1.165, 1.54) is 18.3 Å². The molecule has 0 fully saturated rings. The third kappa shape index (κ3) is 5.22. The lowest BCUT2D eigenvalue weighted by Crippen LogP contribution is -2.25. The lowest BCUT2D eigenvalue weighted by atomic mass is 10.1. The van der Waals surface area contributed by atoms with E-state index in [2.05, 4.69) is 15.4 Å². The lowest BCUT2D eigenvalue weighted by molar-refractivity contribution is -0.138. The maximum atomic E-state index is 13.5. The highest BCUT2D eigenvalue weighted by Gasteiger charge is 2.34. The molecule has 0 aliphatic carbocycles. The smallest absolute Gasteiger partial charge is 0.416 e. The molecular weight excluding hydrogens is 409 g/mol. The van der Waals surface area contributed by atoms with E-state index in [9.17, 15) is 18.0 Å². The average molecular weight is 432 g/mol. The predicted octanol–water partition coefficient (Wildman–Crippen LogP) is 4.57. The summed E-state index contributed by atoms with van der Waals surface area (Å²) in [6.07, 6.45) is -1.33. The van der Waals surface area contributed by atoms with Gasteiger partial charge in [-0.25, -0.2) is 9.67 Å². The number of aromatic nitrogens is 3. The zero-order chi connectivity index (χ0) is 22.6. The van der Waals surface area contributed by atoms with Crippen molar-refractivity contribution >= 4 is 5.91 Å². The fourth-order valence-electron chi connectivity index (χ4n) is 3.17. The van der Waals surface area contributed by atoms with Gasteiger partial charge in [0, 0.05) is 12.7 Å². The summed E-state index contributed by atoms with van der Waals surface area (Å²) in [7, 11) is 0. The van der Waals surface area contributed by atoms with E-state index in [1.807, 2.05) is 6.92 Å².